The van der Waals surface area contributed by atoms with Gasteiger partial charge in [-0.3, -0.25) is 9.59 Å². The van der Waals surface area contributed by atoms with Gasteiger partial charge in [0.15, 0.2) is 0 Å². The second kappa shape index (κ2) is 8.28. The van der Waals surface area contributed by atoms with Crippen molar-refractivity contribution in [1.29, 1.82) is 0 Å². The minimum atomic E-state index is -0.0959. The number of hydrogen-bond acceptors (Lipinski definition) is 2. The van der Waals surface area contributed by atoms with Gasteiger partial charge in [0, 0.05) is 22.9 Å². The molecule has 0 aliphatic heterocycles. The van der Waals surface area contributed by atoms with E-state index in [0.29, 0.717) is 0 Å². The van der Waals surface area contributed by atoms with Gasteiger partial charge in [-0.15, -0.1) is 0 Å². The third-order valence-corrected chi connectivity index (χ3v) is 2.05. The normalized spacial score (nSPS) is 11.8. The predicted molar refractivity (Wildman–Crippen MR) is 85.5 cm³/mol. The molecule has 0 aliphatic carbocycles. The van der Waals surface area contributed by atoms with Gasteiger partial charge in [-0.25, -0.2) is 0 Å². The molecule has 0 aromatic rings. The Morgan fingerprint density at radius 3 is 0.900 bits per heavy atom. The third kappa shape index (κ3) is 15.0. The molecule has 4 heteroatoms. The van der Waals surface area contributed by atoms with Crippen LogP contribution in [-0.2, 0) is 9.59 Å². The second-order valence-corrected chi connectivity index (χ2v) is 7.79. The molecule has 4 nitrogen and oxygen atoms in total. The fourth-order valence-corrected chi connectivity index (χ4v) is 1.03. The van der Waals surface area contributed by atoms with Gasteiger partial charge in [-0.05, 0) is 41.5 Å². The Kier molecular flexibility index (Phi) is 8.79. The van der Waals surface area contributed by atoms with Gasteiger partial charge in [0.05, 0.1) is 0 Å². The molecule has 20 heavy (non-hydrogen) atoms. The molecule has 0 fully saturated rings. The van der Waals surface area contributed by atoms with Crippen LogP contribution < -0.4 is 10.6 Å². The Hall–Kier alpha value is -1.06. The van der Waals surface area contributed by atoms with Crippen molar-refractivity contribution in [2.24, 2.45) is 11.8 Å². The summed E-state index contributed by atoms with van der Waals surface area (Å²) in [5, 5.41) is 5.76. The van der Waals surface area contributed by atoms with Crippen LogP contribution in [0, 0.1) is 11.8 Å². The highest BCUT2D eigenvalue weighted by molar-refractivity contribution is 5.78. The lowest BCUT2D eigenvalue weighted by atomic mass is 10.1. The molecular formula is C16H34N2O2. The first-order valence-electron chi connectivity index (χ1n) is 7.29. The predicted octanol–water partition coefficient (Wildman–Crippen LogP) is 3.11. The van der Waals surface area contributed by atoms with E-state index in [1.165, 1.54) is 0 Å². The summed E-state index contributed by atoms with van der Waals surface area (Å²) in [7, 11) is 0. The maximum Gasteiger partial charge on any atom is 0.222 e. The topological polar surface area (TPSA) is 58.2 Å². The maximum absolute atomic E-state index is 11.0. The van der Waals surface area contributed by atoms with Crippen molar-refractivity contribution in [3.8, 4) is 0 Å². The first kappa shape index (κ1) is 21.2. The first-order valence-corrected chi connectivity index (χ1v) is 7.29. The van der Waals surface area contributed by atoms with Crippen molar-refractivity contribution in [2.75, 3.05) is 0 Å². The molecule has 0 atom stereocenters. The lowest BCUT2D eigenvalue weighted by molar-refractivity contribution is -0.126. The fourth-order valence-electron chi connectivity index (χ4n) is 1.03. The van der Waals surface area contributed by atoms with Crippen LogP contribution in [0.2, 0.25) is 0 Å². The molecular weight excluding hydrogens is 252 g/mol. The van der Waals surface area contributed by atoms with Gasteiger partial charge < -0.3 is 10.6 Å². The molecule has 0 rings (SSSR count). The standard InChI is InChI=1S/2C8H17NO/c2*1-6(2)7(10)9-8(3,4)5/h2*6H,1-5H3,(H,9,10). The quantitative estimate of drug-likeness (QED) is 0.819. The summed E-state index contributed by atoms with van der Waals surface area (Å²) < 4.78 is 0. The van der Waals surface area contributed by atoms with Crippen molar-refractivity contribution in [1.82, 2.24) is 10.6 Å². The molecule has 0 bridgehead atoms. The Morgan fingerprint density at radius 2 is 0.850 bits per heavy atom. The van der Waals surface area contributed by atoms with E-state index in [0.717, 1.165) is 0 Å². The van der Waals surface area contributed by atoms with Gasteiger partial charge in [0.2, 0.25) is 11.8 Å². The van der Waals surface area contributed by atoms with Crippen molar-refractivity contribution in [3.05, 3.63) is 0 Å². The largest absolute Gasteiger partial charge is 0.351 e. The van der Waals surface area contributed by atoms with Crippen molar-refractivity contribution in [3.63, 3.8) is 0 Å². The smallest absolute Gasteiger partial charge is 0.222 e. The molecule has 0 aromatic heterocycles. The van der Waals surface area contributed by atoms with E-state index in [1.807, 2.05) is 69.2 Å². The lowest BCUT2D eigenvalue weighted by Crippen LogP contribution is -2.42. The van der Waals surface area contributed by atoms with Crippen molar-refractivity contribution >= 4 is 11.8 Å². The minimum Gasteiger partial charge on any atom is -0.351 e. The molecule has 2 amide bonds. The van der Waals surface area contributed by atoms with Gasteiger partial charge in [-0.2, -0.15) is 0 Å². The van der Waals surface area contributed by atoms with Crippen molar-refractivity contribution < 1.29 is 9.59 Å². The lowest BCUT2D eigenvalue weighted by Gasteiger charge is -2.21. The second-order valence-electron chi connectivity index (χ2n) is 7.79. The number of amides is 2. The van der Waals surface area contributed by atoms with Gasteiger partial charge in [0.25, 0.3) is 0 Å². The summed E-state index contributed by atoms with van der Waals surface area (Å²) in [5.41, 5.74) is -0.192. The molecule has 0 saturated heterocycles. The molecule has 0 aromatic carbocycles. The highest BCUT2D eigenvalue weighted by Crippen LogP contribution is 2.02. The van der Waals surface area contributed by atoms with Gasteiger partial charge >= 0.3 is 0 Å². The summed E-state index contributed by atoms with van der Waals surface area (Å²) in [4.78, 5) is 22.1. The molecule has 0 unspecified atom stereocenters. The van der Waals surface area contributed by atoms with Crippen LogP contribution in [0.3, 0.4) is 0 Å². The van der Waals surface area contributed by atoms with E-state index in [1.54, 1.807) is 0 Å². The van der Waals surface area contributed by atoms with E-state index >= 15 is 0 Å². The van der Waals surface area contributed by atoms with Crippen LogP contribution in [0.4, 0.5) is 0 Å². The Morgan fingerprint density at radius 1 is 0.650 bits per heavy atom. The number of carbonyl (C=O) groups is 2. The molecule has 2 N–H and O–H groups in total. The number of hydrogen-bond donors (Lipinski definition) is 2. The summed E-state index contributed by atoms with van der Waals surface area (Å²) in [5.74, 6) is 0.401. The maximum atomic E-state index is 11.0. The van der Waals surface area contributed by atoms with Crippen LogP contribution in [0.1, 0.15) is 69.2 Å². The van der Waals surface area contributed by atoms with Crippen LogP contribution in [0.25, 0.3) is 0 Å². The first-order chi connectivity index (χ1) is 8.65. The molecule has 120 valence electrons. The zero-order chi connectivity index (χ0) is 16.7. The zero-order valence-corrected chi connectivity index (χ0v) is 15.0. The van der Waals surface area contributed by atoms with Gasteiger partial charge in [-0.1, -0.05) is 27.7 Å². The van der Waals surface area contributed by atoms with E-state index in [4.69, 9.17) is 0 Å². The summed E-state index contributed by atoms with van der Waals surface area (Å²) in [6, 6.07) is 0. The van der Waals surface area contributed by atoms with Crippen LogP contribution >= 0.6 is 0 Å². The highest BCUT2D eigenvalue weighted by atomic mass is 16.2. The number of nitrogens with one attached hydrogen (secondary N) is 2. The van der Waals surface area contributed by atoms with E-state index < -0.39 is 0 Å². The minimum absolute atomic E-state index is 0.0826. The van der Waals surface area contributed by atoms with Crippen molar-refractivity contribution in [2.45, 2.75) is 80.3 Å². The van der Waals surface area contributed by atoms with E-state index in [2.05, 4.69) is 10.6 Å². The van der Waals surface area contributed by atoms with E-state index in [-0.39, 0.29) is 34.7 Å². The van der Waals surface area contributed by atoms with Crippen LogP contribution in [0.15, 0.2) is 0 Å². The molecule has 0 heterocycles. The molecule has 0 spiro atoms. The summed E-state index contributed by atoms with van der Waals surface area (Å²) in [6.45, 7) is 19.4. The van der Waals surface area contributed by atoms with Crippen LogP contribution in [-0.4, -0.2) is 22.9 Å². The summed E-state index contributed by atoms with van der Waals surface area (Å²) in [6.07, 6.45) is 0. The SMILES string of the molecule is CC(C)C(=O)NC(C)(C)C.CC(C)C(=O)NC(C)(C)C. The molecule has 0 saturated carbocycles. The van der Waals surface area contributed by atoms with Crippen LogP contribution in [0.5, 0.6) is 0 Å². The Labute approximate surface area is 125 Å². The Balaban J connectivity index is 0. The zero-order valence-electron chi connectivity index (χ0n) is 15.0. The third-order valence-electron chi connectivity index (χ3n) is 2.05. The number of carbonyl (C=O) groups excluding carboxylic acids is 2. The van der Waals surface area contributed by atoms with Gasteiger partial charge in [0.1, 0.15) is 0 Å². The monoisotopic (exact) mass is 286 g/mol. The average Bonchev–Trinajstić information content (AvgIpc) is 2.12. The Bertz CT molecular complexity index is 275. The molecule has 0 aliphatic rings. The fraction of sp³-hybridized carbons (Fsp3) is 0.875. The molecule has 0 radical (unpaired) electrons. The summed E-state index contributed by atoms with van der Waals surface area (Å²) >= 11 is 0. The van der Waals surface area contributed by atoms with E-state index in [9.17, 15) is 9.59 Å². The average molecular weight is 286 g/mol. The highest BCUT2D eigenvalue weighted by Gasteiger charge is 2.16. The number of rotatable bonds is 2.